The van der Waals surface area contributed by atoms with Gasteiger partial charge in [0.2, 0.25) is 12.0 Å². The SMILES string of the molecule is CN(C)C(=O)O[C@@H](CC/C=C/C(=O)N1CCCC1)C(=O)O. The van der Waals surface area contributed by atoms with E-state index in [0.29, 0.717) is 6.42 Å². The molecular weight excluding hydrogens is 276 g/mol. The van der Waals surface area contributed by atoms with Gasteiger partial charge in [-0.15, -0.1) is 0 Å². The molecule has 1 atom stereocenters. The molecule has 2 amide bonds. The lowest BCUT2D eigenvalue weighted by Crippen LogP contribution is -2.32. The first-order chi connectivity index (χ1) is 9.91. The van der Waals surface area contributed by atoms with Crippen LogP contribution in [0, 0.1) is 0 Å². The first-order valence-corrected chi connectivity index (χ1v) is 6.98. The molecule has 0 unspecified atom stereocenters. The Morgan fingerprint density at radius 1 is 1.29 bits per heavy atom. The fraction of sp³-hybridized carbons (Fsp3) is 0.643. The molecule has 7 heteroatoms. The summed E-state index contributed by atoms with van der Waals surface area (Å²) in [7, 11) is 2.96. The highest BCUT2D eigenvalue weighted by atomic mass is 16.6. The molecule has 1 saturated heterocycles. The number of nitrogens with zero attached hydrogens (tertiary/aromatic N) is 2. The van der Waals surface area contributed by atoms with Gasteiger partial charge in [0.1, 0.15) is 0 Å². The molecule has 7 nitrogen and oxygen atoms in total. The summed E-state index contributed by atoms with van der Waals surface area (Å²) in [5.41, 5.74) is 0. The molecule has 0 saturated carbocycles. The number of likely N-dealkylation sites (tertiary alicyclic amines) is 1. The standard InChI is InChI=1S/C14H22N2O5/c1-15(2)14(20)21-11(13(18)19)7-3-4-8-12(17)16-9-5-6-10-16/h4,8,11H,3,5-7,9-10H2,1-2H3,(H,18,19)/b8-4+/t11-/m0/s1. The van der Waals surface area contributed by atoms with Crippen LogP contribution in [-0.4, -0.2) is 66.2 Å². The molecule has 1 aliphatic rings. The highest BCUT2D eigenvalue weighted by Gasteiger charge is 2.22. The number of aliphatic carboxylic acids is 1. The van der Waals surface area contributed by atoms with Crippen LogP contribution in [0.1, 0.15) is 25.7 Å². The average molecular weight is 298 g/mol. The lowest BCUT2D eigenvalue weighted by molar-refractivity contribution is -0.147. The maximum Gasteiger partial charge on any atom is 0.410 e. The van der Waals surface area contributed by atoms with Crippen molar-refractivity contribution < 1.29 is 24.2 Å². The first-order valence-electron chi connectivity index (χ1n) is 6.98. The van der Waals surface area contributed by atoms with Crippen molar-refractivity contribution in [3.8, 4) is 0 Å². The van der Waals surface area contributed by atoms with Crippen molar-refractivity contribution in [3.63, 3.8) is 0 Å². The van der Waals surface area contributed by atoms with Crippen LogP contribution in [0.5, 0.6) is 0 Å². The molecule has 1 N–H and O–H groups in total. The summed E-state index contributed by atoms with van der Waals surface area (Å²) in [5.74, 6) is -1.24. The van der Waals surface area contributed by atoms with Crippen LogP contribution in [0.2, 0.25) is 0 Å². The predicted octanol–water partition coefficient (Wildman–Crippen LogP) is 1.10. The molecule has 1 aliphatic heterocycles. The Morgan fingerprint density at radius 3 is 2.43 bits per heavy atom. The van der Waals surface area contributed by atoms with Gasteiger partial charge in [0.05, 0.1) is 0 Å². The zero-order valence-corrected chi connectivity index (χ0v) is 12.4. The monoisotopic (exact) mass is 298 g/mol. The Balaban J connectivity index is 2.37. The van der Waals surface area contributed by atoms with Crippen molar-refractivity contribution in [1.29, 1.82) is 0 Å². The maximum absolute atomic E-state index is 11.7. The minimum atomic E-state index is -1.20. The number of carbonyl (C=O) groups excluding carboxylic acids is 2. The number of hydrogen-bond donors (Lipinski definition) is 1. The van der Waals surface area contributed by atoms with Crippen molar-refractivity contribution >= 4 is 18.0 Å². The van der Waals surface area contributed by atoms with Crippen LogP contribution in [-0.2, 0) is 14.3 Å². The summed E-state index contributed by atoms with van der Waals surface area (Å²) < 4.78 is 4.84. The zero-order chi connectivity index (χ0) is 15.8. The third kappa shape index (κ3) is 5.85. The Morgan fingerprint density at radius 2 is 1.90 bits per heavy atom. The quantitative estimate of drug-likeness (QED) is 0.742. The van der Waals surface area contributed by atoms with Crippen LogP contribution in [0.3, 0.4) is 0 Å². The van der Waals surface area contributed by atoms with Crippen molar-refractivity contribution in [2.45, 2.75) is 31.8 Å². The molecule has 1 heterocycles. The van der Waals surface area contributed by atoms with Gasteiger partial charge in [0.15, 0.2) is 0 Å². The second kappa shape index (κ2) is 8.28. The first kappa shape index (κ1) is 17.0. The van der Waals surface area contributed by atoms with E-state index in [2.05, 4.69) is 0 Å². The van der Waals surface area contributed by atoms with Gasteiger partial charge < -0.3 is 19.6 Å². The third-order valence-corrected chi connectivity index (χ3v) is 3.16. The van der Waals surface area contributed by atoms with Crippen molar-refractivity contribution in [2.24, 2.45) is 0 Å². The minimum absolute atomic E-state index is 0.0512. The number of ether oxygens (including phenoxy) is 1. The predicted molar refractivity (Wildman–Crippen MR) is 75.8 cm³/mol. The van der Waals surface area contributed by atoms with Crippen LogP contribution in [0.4, 0.5) is 4.79 Å². The topological polar surface area (TPSA) is 87.2 Å². The van der Waals surface area contributed by atoms with Gasteiger partial charge in [-0.25, -0.2) is 9.59 Å². The van der Waals surface area contributed by atoms with Gasteiger partial charge in [-0.3, -0.25) is 4.79 Å². The molecule has 0 aromatic carbocycles. The molecule has 0 spiro atoms. The average Bonchev–Trinajstić information content (AvgIpc) is 2.95. The molecule has 0 radical (unpaired) electrons. The van der Waals surface area contributed by atoms with Crippen molar-refractivity contribution in [2.75, 3.05) is 27.2 Å². The van der Waals surface area contributed by atoms with E-state index >= 15 is 0 Å². The minimum Gasteiger partial charge on any atom is -0.479 e. The van der Waals surface area contributed by atoms with Gasteiger partial charge in [0, 0.05) is 27.2 Å². The lowest BCUT2D eigenvalue weighted by Gasteiger charge is -2.16. The molecule has 0 aromatic heterocycles. The summed E-state index contributed by atoms with van der Waals surface area (Å²) in [6.45, 7) is 1.56. The summed E-state index contributed by atoms with van der Waals surface area (Å²) in [4.78, 5) is 37.0. The number of hydrogen-bond acceptors (Lipinski definition) is 4. The van der Waals surface area contributed by atoms with E-state index in [1.54, 1.807) is 11.0 Å². The van der Waals surface area contributed by atoms with E-state index in [1.807, 2.05) is 0 Å². The van der Waals surface area contributed by atoms with Gasteiger partial charge in [-0.1, -0.05) is 6.08 Å². The molecule has 0 aromatic rings. The van der Waals surface area contributed by atoms with Crippen LogP contribution >= 0.6 is 0 Å². The Hall–Kier alpha value is -2.05. The molecule has 1 rings (SSSR count). The number of carboxylic acids is 1. The number of allylic oxidation sites excluding steroid dienone is 1. The zero-order valence-electron chi connectivity index (χ0n) is 12.4. The van der Waals surface area contributed by atoms with E-state index in [4.69, 9.17) is 9.84 Å². The number of amides is 2. The number of carboxylic acid groups (broad SMARTS) is 1. The maximum atomic E-state index is 11.7. The summed E-state index contributed by atoms with van der Waals surface area (Å²) in [6, 6.07) is 0. The van der Waals surface area contributed by atoms with Crippen LogP contribution in [0.15, 0.2) is 12.2 Å². The Labute approximate surface area is 124 Å². The molecular formula is C14H22N2O5. The number of rotatable bonds is 6. The second-order valence-electron chi connectivity index (χ2n) is 5.12. The molecule has 1 fully saturated rings. The second-order valence-corrected chi connectivity index (χ2v) is 5.12. The fourth-order valence-corrected chi connectivity index (χ4v) is 1.93. The van der Waals surface area contributed by atoms with Crippen LogP contribution < -0.4 is 0 Å². The van der Waals surface area contributed by atoms with Gasteiger partial charge in [-0.2, -0.15) is 0 Å². The van der Waals surface area contributed by atoms with Crippen LogP contribution in [0.25, 0.3) is 0 Å². The molecule has 0 aliphatic carbocycles. The van der Waals surface area contributed by atoms with E-state index in [-0.39, 0.29) is 12.3 Å². The third-order valence-electron chi connectivity index (χ3n) is 3.16. The molecule has 0 bridgehead atoms. The summed E-state index contributed by atoms with van der Waals surface area (Å²) >= 11 is 0. The largest absolute Gasteiger partial charge is 0.479 e. The smallest absolute Gasteiger partial charge is 0.410 e. The number of carbonyl (C=O) groups is 3. The van der Waals surface area contributed by atoms with E-state index in [0.717, 1.165) is 25.9 Å². The highest BCUT2D eigenvalue weighted by Crippen LogP contribution is 2.09. The van der Waals surface area contributed by atoms with Gasteiger partial charge in [0.25, 0.3) is 0 Å². The summed E-state index contributed by atoms with van der Waals surface area (Å²) in [5, 5.41) is 8.99. The highest BCUT2D eigenvalue weighted by molar-refractivity contribution is 5.87. The molecule has 21 heavy (non-hydrogen) atoms. The van der Waals surface area contributed by atoms with E-state index in [1.165, 1.54) is 25.1 Å². The van der Waals surface area contributed by atoms with Crippen molar-refractivity contribution in [3.05, 3.63) is 12.2 Å². The normalized spacial score (nSPS) is 16.0. The Kier molecular flexibility index (Phi) is 6.71. The summed E-state index contributed by atoms with van der Waals surface area (Å²) in [6.07, 6.45) is 3.74. The Bertz CT molecular complexity index is 414. The van der Waals surface area contributed by atoms with Gasteiger partial charge in [-0.05, 0) is 31.8 Å². The molecule has 118 valence electrons. The fourth-order valence-electron chi connectivity index (χ4n) is 1.93. The van der Waals surface area contributed by atoms with Crippen molar-refractivity contribution in [1.82, 2.24) is 9.80 Å². The van der Waals surface area contributed by atoms with Gasteiger partial charge >= 0.3 is 12.1 Å². The lowest BCUT2D eigenvalue weighted by atomic mass is 10.2. The van der Waals surface area contributed by atoms with E-state index in [9.17, 15) is 14.4 Å². The van der Waals surface area contributed by atoms with E-state index < -0.39 is 18.2 Å².